The molecule has 6 bridgehead atoms. The number of rotatable bonds is 1. The van der Waals surface area contributed by atoms with Crippen LogP contribution in [-0.2, 0) is 16.6 Å². The van der Waals surface area contributed by atoms with Crippen molar-refractivity contribution in [2.75, 3.05) is 17.9 Å². The predicted octanol–water partition coefficient (Wildman–Crippen LogP) is 4.09. The molecule has 0 radical (unpaired) electrons. The van der Waals surface area contributed by atoms with E-state index < -0.39 is 10.0 Å². The minimum absolute atomic E-state index is 0.0559. The van der Waals surface area contributed by atoms with Gasteiger partial charge in [-0.05, 0) is 54.8 Å². The number of aryl methyl sites for hydroxylation is 2. The van der Waals surface area contributed by atoms with E-state index in [-0.39, 0.29) is 40.7 Å². The van der Waals surface area contributed by atoms with Crippen molar-refractivity contribution in [1.82, 2.24) is 19.9 Å². The first-order chi connectivity index (χ1) is 18.3. The Hall–Kier alpha value is -4.31. The number of aromatic nitrogens is 3. The second kappa shape index (κ2) is 9.21. The molecule has 0 saturated heterocycles. The van der Waals surface area contributed by atoms with Crippen LogP contribution in [0.4, 0.5) is 5.95 Å². The van der Waals surface area contributed by atoms with E-state index in [1.165, 1.54) is 12.1 Å². The van der Waals surface area contributed by atoms with Crippen molar-refractivity contribution in [2.45, 2.75) is 31.2 Å². The van der Waals surface area contributed by atoms with Crippen molar-refractivity contribution >= 4 is 21.9 Å². The Balaban J connectivity index is 1.52. The fourth-order valence-electron chi connectivity index (χ4n) is 5.10. The molecular weight excluding hydrogens is 502 g/mol. The van der Waals surface area contributed by atoms with Gasteiger partial charge in [0.15, 0.2) is 0 Å². The van der Waals surface area contributed by atoms with Gasteiger partial charge in [0.1, 0.15) is 6.61 Å². The molecule has 1 unspecified atom stereocenters. The van der Waals surface area contributed by atoms with E-state index in [9.17, 15) is 13.2 Å². The second-order valence-electron chi connectivity index (χ2n) is 9.56. The Morgan fingerprint density at radius 3 is 2.61 bits per heavy atom. The molecule has 6 rings (SSSR count). The van der Waals surface area contributed by atoms with Gasteiger partial charge in [0.25, 0.3) is 15.9 Å². The largest absolute Gasteiger partial charge is 0.477 e. The van der Waals surface area contributed by atoms with Crippen LogP contribution in [0.5, 0.6) is 5.88 Å². The lowest BCUT2D eigenvalue weighted by Gasteiger charge is -2.34. The average Bonchev–Trinajstić information content (AvgIpc) is 2.90. The maximum Gasteiger partial charge on any atom is 0.264 e. The molecule has 0 aliphatic carbocycles. The van der Waals surface area contributed by atoms with E-state index in [4.69, 9.17) is 4.74 Å². The van der Waals surface area contributed by atoms with Gasteiger partial charge in [-0.25, -0.2) is 18.1 Å². The molecular formula is C28H25N5O4S. The van der Waals surface area contributed by atoms with Crippen LogP contribution in [-0.4, -0.2) is 47.3 Å². The molecule has 9 nitrogen and oxygen atoms in total. The molecule has 0 fully saturated rings. The molecule has 2 aliphatic rings. The maximum atomic E-state index is 13.5. The van der Waals surface area contributed by atoms with Crippen molar-refractivity contribution < 1.29 is 17.9 Å². The summed E-state index contributed by atoms with van der Waals surface area (Å²) >= 11 is 0. The highest BCUT2D eigenvalue weighted by molar-refractivity contribution is 7.92. The zero-order valence-electron chi connectivity index (χ0n) is 20.9. The molecule has 1 N–H and O–H groups in total. The Kier molecular flexibility index (Phi) is 5.83. The van der Waals surface area contributed by atoms with Crippen molar-refractivity contribution in [1.29, 1.82) is 0 Å². The van der Waals surface area contributed by atoms with E-state index in [2.05, 4.69) is 19.7 Å². The van der Waals surface area contributed by atoms with Gasteiger partial charge < -0.3 is 9.64 Å². The number of anilines is 1. The Bertz CT molecular complexity index is 1670. The zero-order chi connectivity index (χ0) is 26.4. The highest BCUT2D eigenvalue weighted by atomic mass is 32.2. The topological polar surface area (TPSA) is 114 Å². The quantitative estimate of drug-likeness (QED) is 0.397. The van der Waals surface area contributed by atoms with Gasteiger partial charge in [-0.3, -0.25) is 9.78 Å². The van der Waals surface area contributed by atoms with Gasteiger partial charge in [0, 0.05) is 36.5 Å². The Morgan fingerprint density at radius 1 is 1.00 bits per heavy atom. The molecule has 4 heterocycles. The summed E-state index contributed by atoms with van der Waals surface area (Å²) in [5.74, 6) is -0.348. The molecule has 1 amide bonds. The third kappa shape index (κ3) is 4.37. The number of amides is 1. The molecule has 1 atom stereocenters. The van der Waals surface area contributed by atoms with Gasteiger partial charge in [0.2, 0.25) is 11.8 Å². The minimum Gasteiger partial charge on any atom is -0.477 e. The van der Waals surface area contributed by atoms with E-state index in [0.29, 0.717) is 18.8 Å². The maximum absolute atomic E-state index is 13.5. The highest BCUT2D eigenvalue weighted by Gasteiger charge is 2.31. The number of nitrogens with zero attached hydrogens (tertiary/aromatic N) is 4. The van der Waals surface area contributed by atoms with Crippen LogP contribution in [0.2, 0.25) is 0 Å². The summed E-state index contributed by atoms with van der Waals surface area (Å²) in [4.78, 5) is 28.6. The van der Waals surface area contributed by atoms with Gasteiger partial charge in [-0.1, -0.05) is 30.3 Å². The fourth-order valence-corrected chi connectivity index (χ4v) is 6.09. The van der Waals surface area contributed by atoms with Crippen LogP contribution in [0.3, 0.4) is 0 Å². The summed E-state index contributed by atoms with van der Waals surface area (Å²) in [5, 5.41) is 0. The van der Waals surface area contributed by atoms with Crippen LogP contribution < -0.4 is 9.46 Å². The van der Waals surface area contributed by atoms with Crippen LogP contribution in [0.25, 0.3) is 11.3 Å². The summed E-state index contributed by atoms with van der Waals surface area (Å²) in [6, 6.07) is 17.4. The third-order valence-electron chi connectivity index (χ3n) is 6.89. The molecule has 2 aliphatic heterocycles. The number of ether oxygens (including phenoxy) is 1. The second-order valence-corrected chi connectivity index (χ2v) is 11.2. The minimum atomic E-state index is -4.09. The van der Waals surface area contributed by atoms with Gasteiger partial charge in [-0.2, -0.15) is 4.98 Å². The number of benzene rings is 2. The first-order valence-corrected chi connectivity index (χ1v) is 13.7. The average molecular weight is 528 g/mol. The van der Waals surface area contributed by atoms with Crippen molar-refractivity contribution in [2.24, 2.45) is 0 Å². The molecule has 192 valence electrons. The third-order valence-corrected chi connectivity index (χ3v) is 8.22. The molecule has 0 spiro atoms. The van der Waals surface area contributed by atoms with Gasteiger partial charge in [0.05, 0.1) is 22.2 Å². The van der Waals surface area contributed by atoms with E-state index in [1.54, 1.807) is 29.3 Å². The standard InChI is InChI=1S/C28H25N5O4S/c1-17-6-3-7-18(2)25(17)23-13-24-31-28(30-23)32-38(35,36)22-10-4-8-19(12-22)27(34)33-14-20-9-5-11-29-26(20)21(15-33)16-37-24/h3-13,21H,14-16H2,1-2H3,(H,30,31,32). The number of nitrogens with one attached hydrogen (secondary N) is 1. The number of sulfonamides is 1. The van der Waals surface area contributed by atoms with Crippen LogP contribution in [0, 0.1) is 13.8 Å². The van der Waals surface area contributed by atoms with Crippen LogP contribution >= 0.6 is 0 Å². The number of pyridine rings is 1. The fraction of sp³-hybridized carbons (Fsp3) is 0.214. The lowest BCUT2D eigenvalue weighted by molar-refractivity contribution is 0.0699. The van der Waals surface area contributed by atoms with Crippen molar-refractivity contribution in [3.8, 4) is 17.1 Å². The Morgan fingerprint density at radius 2 is 1.79 bits per heavy atom. The highest BCUT2D eigenvalue weighted by Crippen LogP contribution is 2.32. The number of carbonyl (C=O) groups is 1. The van der Waals surface area contributed by atoms with Gasteiger partial charge >= 0.3 is 0 Å². The summed E-state index contributed by atoms with van der Waals surface area (Å²) in [5.41, 5.74) is 5.49. The van der Waals surface area contributed by atoms with Crippen LogP contribution in [0.1, 0.15) is 38.7 Å². The number of fused-ring (bicyclic) bond motifs is 8. The SMILES string of the molecule is Cc1cccc(C)c1-c1cc2nc(n1)NS(=O)(=O)c1cccc(c1)C(=O)N1Cc3cccnc3C(CO2)C1. The molecule has 10 heteroatoms. The lowest BCUT2D eigenvalue weighted by Crippen LogP contribution is -2.40. The lowest BCUT2D eigenvalue weighted by atomic mass is 9.94. The van der Waals surface area contributed by atoms with E-state index in [0.717, 1.165) is 27.9 Å². The molecule has 0 saturated carbocycles. The van der Waals surface area contributed by atoms with Crippen molar-refractivity contribution in [3.63, 3.8) is 0 Å². The summed E-state index contributed by atoms with van der Waals surface area (Å²) in [6.07, 6.45) is 1.74. The Labute approximate surface area is 220 Å². The molecule has 38 heavy (non-hydrogen) atoms. The number of carbonyl (C=O) groups excluding carboxylic acids is 1. The monoisotopic (exact) mass is 527 g/mol. The normalized spacial score (nSPS) is 18.0. The zero-order valence-corrected chi connectivity index (χ0v) is 21.7. The molecule has 2 aromatic carbocycles. The molecule has 4 aromatic rings. The summed E-state index contributed by atoms with van der Waals surface area (Å²) < 4.78 is 35.3. The van der Waals surface area contributed by atoms with Crippen molar-refractivity contribution in [3.05, 3.63) is 94.8 Å². The van der Waals surface area contributed by atoms with Gasteiger partial charge in [-0.15, -0.1) is 0 Å². The number of hydrogen-bond donors (Lipinski definition) is 1. The predicted molar refractivity (Wildman–Crippen MR) is 141 cm³/mol. The van der Waals surface area contributed by atoms with E-state index >= 15 is 0 Å². The summed E-state index contributed by atoms with van der Waals surface area (Å²) in [6.45, 7) is 4.90. The van der Waals surface area contributed by atoms with E-state index in [1.807, 2.05) is 44.2 Å². The smallest absolute Gasteiger partial charge is 0.264 e. The first-order valence-electron chi connectivity index (χ1n) is 12.2. The first kappa shape index (κ1) is 24.1. The summed E-state index contributed by atoms with van der Waals surface area (Å²) in [7, 11) is -4.09. The molecule has 2 aromatic heterocycles. The van der Waals surface area contributed by atoms with Crippen LogP contribution in [0.15, 0.2) is 71.8 Å². The number of hydrogen-bond acceptors (Lipinski definition) is 7.